The van der Waals surface area contributed by atoms with Crippen LogP contribution >= 0.6 is 12.2 Å². The van der Waals surface area contributed by atoms with E-state index in [-0.39, 0.29) is 11.4 Å². The normalized spacial score (nSPS) is 9.00. The van der Waals surface area contributed by atoms with Crippen molar-refractivity contribution in [1.29, 1.82) is 0 Å². The first-order valence-electron chi connectivity index (χ1n) is 3.09. The fourth-order valence-electron chi connectivity index (χ4n) is 0.759. The topological polar surface area (TPSA) is 52.4 Å². The molecule has 0 radical (unpaired) electrons. The Labute approximate surface area is 73.9 Å². The molecular weight excluding hydrogens is 178 g/mol. The molecule has 0 fully saturated rings. The summed E-state index contributed by atoms with van der Waals surface area (Å²) in [6.07, 6.45) is 0. The van der Waals surface area contributed by atoms with Gasteiger partial charge in [0.25, 0.3) is 0 Å². The van der Waals surface area contributed by atoms with Crippen molar-refractivity contribution in [2.45, 2.75) is 0 Å². The predicted molar refractivity (Wildman–Crippen MR) is 47.4 cm³/mol. The molecule has 0 unspecified atom stereocenters. The molecule has 1 rings (SSSR count). The Kier molecular flexibility index (Phi) is 2.71. The molecule has 0 bridgehead atoms. The summed E-state index contributed by atoms with van der Waals surface area (Å²) in [6.45, 7) is 0. The molecule has 1 aromatic carbocycles. The van der Waals surface area contributed by atoms with Crippen molar-refractivity contribution in [1.82, 2.24) is 0 Å². The molecule has 62 valence electrons. The van der Waals surface area contributed by atoms with Crippen LogP contribution in [-0.4, -0.2) is 10.5 Å². The van der Waals surface area contributed by atoms with Crippen molar-refractivity contribution >= 4 is 23.5 Å². The second-order valence-electron chi connectivity index (χ2n) is 1.94. The highest BCUT2D eigenvalue weighted by Gasteiger charge is 2.12. The van der Waals surface area contributed by atoms with Gasteiger partial charge >= 0.3 is 5.69 Å². The van der Waals surface area contributed by atoms with Crippen LogP contribution in [0.4, 0.5) is 5.69 Å². The Morgan fingerprint density at radius 1 is 1.50 bits per heavy atom. The summed E-state index contributed by atoms with van der Waals surface area (Å²) in [4.78, 5) is 9.85. The fourth-order valence-corrected chi connectivity index (χ4v) is 0.863. The van der Waals surface area contributed by atoms with Crippen molar-refractivity contribution in [2.24, 2.45) is 0 Å². The van der Waals surface area contributed by atoms with E-state index in [1.165, 1.54) is 12.1 Å². The number of hydrogen-bond donors (Lipinski definition) is 0. The maximum Gasteiger partial charge on any atom is 0.311 e. The Morgan fingerprint density at radius 3 is 2.75 bits per heavy atom. The maximum absolute atomic E-state index is 10.4. The van der Waals surface area contributed by atoms with Crippen LogP contribution in [0.5, 0.6) is 5.75 Å². The van der Waals surface area contributed by atoms with Gasteiger partial charge in [-0.2, -0.15) is 0 Å². The second-order valence-corrected chi connectivity index (χ2v) is 2.13. The van der Waals surface area contributed by atoms with Crippen molar-refractivity contribution in [3.05, 3.63) is 34.4 Å². The molecule has 5 heteroatoms. The monoisotopic (exact) mass is 183 g/mol. The number of nitro groups is 1. The Morgan fingerprint density at radius 2 is 2.17 bits per heavy atom. The van der Waals surface area contributed by atoms with E-state index in [0.29, 0.717) is 0 Å². The first kappa shape index (κ1) is 8.61. The molecule has 0 aromatic heterocycles. The summed E-state index contributed by atoms with van der Waals surface area (Å²) in [6, 6.07) is 6.05. The smallest absolute Gasteiger partial charge is 0.311 e. The quantitative estimate of drug-likeness (QED) is 0.408. The zero-order chi connectivity index (χ0) is 8.97. The summed E-state index contributed by atoms with van der Waals surface area (Å²) >= 11 is 4.41. The van der Waals surface area contributed by atoms with Gasteiger partial charge < -0.3 is 4.74 Å². The van der Waals surface area contributed by atoms with Gasteiger partial charge in [0.1, 0.15) is 0 Å². The van der Waals surface area contributed by atoms with Crippen LogP contribution in [0.2, 0.25) is 0 Å². The van der Waals surface area contributed by atoms with Crippen LogP contribution in [0.3, 0.4) is 0 Å². The van der Waals surface area contributed by atoms with Gasteiger partial charge in [-0.15, -0.1) is 0 Å². The lowest BCUT2D eigenvalue weighted by atomic mass is 10.3. The van der Waals surface area contributed by atoms with Gasteiger partial charge in [0.15, 0.2) is 5.55 Å². The Bertz CT molecular complexity index is 313. The van der Waals surface area contributed by atoms with Crippen molar-refractivity contribution < 1.29 is 9.66 Å². The number of rotatable bonds is 3. The Balaban J connectivity index is 3.07. The molecule has 12 heavy (non-hydrogen) atoms. The highest BCUT2D eigenvalue weighted by Crippen LogP contribution is 2.24. The SMILES string of the molecule is O=[N+]([O-])c1ccccc1OC=S. The summed E-state index contributed by atoms with van der Waals surface area (Å²) in [7, 11) is 0. The molecule has 0 saturated heterocycles. The van der Waals surface area contributed by atoms with Crippen LogP contribution < -0.4 is 4.74 Å². The highest BCUT2D eigenvalue weighted by molar-refractivity contribution is 7.78. The molecule has 0 aliphatic carbocycles. The number of nitro benzene ring substituents is 1. The Hall–Kier alpha value is -1.49. The largest absolute Gasteiger partial charge is 0.446 e. The van der Waals surface area contributed by atoms with Crippen molar-refractivity contribution in [3.63, 3.8) is 0 Å². The molecule has 0 heterocycles. The molecule has 0 saturated carbocycles. The minimum absolute atomic E-state index is 0.0846. The van der Waals surface area contributed by atoms with E-state index in [1.54, 1.807) is 12.1 Å². The zero-order valence-electron chi connectivity index (χ0n) is 5.97. The summed E-state index contributed by atoms with van der Waals surface area (Å²) in [5, 5.41) is 10.4. The number of hydrogen-bond acceptors (Lipinski definition) is 4. The molecular formula is C7H5NO3S. The molecule has 0 aliphatic rings. The number of ether oxygens (including phenoxy) is 1. The van der Waals surface area contributed by atoms with Gasteiger partial charge in [-0.25, -0.2) is 0 Å². The molecule has 0 amide bonds. The number of para-hydroxylation sites is 2. The molecule has 4 nitrogen and oxygen atoms in total. The third-order valence-corrected chi connectivity index (χ3v) is 1.33. The van der Waals surface area contributed by atoms with Crippen LogP contribution in [0.1, 0.15) is 0 Å². The summed E-state index contributed by atoms with van der Waals surface area (Å²) < 4.78 is 4.75. The lowest BCUT2D eigenvalue weighted by Crippen LogP contribution is -1.94. The second kappa shape index (κ2) is 3.77. The molecule has 0 aliphatic heterocycles. The molecule has 0 spiro atoms. The average Bonchev–Trinajstić information content (AvgIpc) is 2.05. The van der Waals surface area contributed by atoms with Gasteiger partial charge in [-0.05, 0) is 18.3 Å². The number of nitrogens with zero attached hydrogens (tertiary/aromatic N) is 1. The van der Waals surface area contributed by atoms with Gasteiger partial charge in [0.2, 0.25) is 5.75 Å². The van der Waals surface area contributed by atoms with E-state index in [0.717, 1.165) is 5.55 Å². The first-order chi connectivity index (χ1) is 5.75. The maximum atomic E-state index is 10.4. The zero-order valence-corrected chi connectivity index (χ0v) is 6.78. The van der Waals surface area contributed by atoms with Crippen molar-refractivity contribution in [2.75, 3.05) is 0 Å². The average molecular weight is 183 g/mol. The minimum atomic E-state index is -0.520. The van der Waals surface area contributed by atoms with Gasteiger partial charge in [-0.1, -0.05) is 12.1 Å². The van der Waals surface area contributed by atoms with Crippen molar-refractivity contribution in [3.8, 4) is 5.75 Å². The third-order valence-electron chi connectivity index (χ3n) is 1.24. The van der Waals surface area contributed by atoms with Crippen LogP contribution in [0.25, 0.3) is 0 Å². The summed E-state index contributed by atoms with van der Waals surface area (Å²) in [5.41, 5.74) is 0.904. The summed E-state index contributed by atoms with van der Waals surface area (Å²) in [5.74, 6) is 0.164. The van der Waals surface area contributed by atoms with E-state index >= 15 is 0 Å². The molecule has 0 N–H and O–H groups in total. The first-order valence-corrected chi connectivity index (χ1v) is 3.56. The number of thiocarbonyl (C=S) groups is 1. The van der Waals surface area contributed by atoms with Gasteiger partial charge in [0, 0.05) is 6.07 Å². The fraction of sp³-hybridized carbons (Fsp3) is 0. The van der Waals surface area contributed by atoms with E-state index < -0.39 is 4.92 Å². The molecule has 0 atom stereocenters. The lowest BCUT2D eigenvalue weighted by molar-refractivity contribution is -0.385. The van der Waals surface area contributed by atoms with Crippen LogP contribution in [-0.2, 0) is 0 Å². The van der Waals surface area contributed by atoms with Crippen LogP contribution in [0, 0.1) is 10.1 Å². The van der Waals surface area contributed by atoms with Gasteiger partial charge in [-0.3, -0.25) is 10.1 Å². The van der Waals surface area contributed by atoms with E-state index in [2.05, 4.69) is 12.2 Å². The predicted octanol–water partition coefficient (Wildman–Crippen LogP) is 1.93. The standard InChI is InChI=1S/C7H5NO3S/c9-8(10)6-3-1-2-4-7(6)11-5-12/h1-5H. The van der Waals surface area contributed by atoms with E-state index in [1.807, 2.05) is 0 Å². The van der Waals surface area contributed by atoms with E-state index in [4.69, 9.17) is 4.74 Å². The lowest BCUT2D eigenvalue weighted by Gasteiger charge is -1.98. The third kappa shape index (κ3) is 1.76. The van der Waals surface area contributed by atoms with Crippen LogP contribution in [0.15, 0.2) is 24.3 Å². The molecule has 1 aromatic rings. The van der Waals surface area contributed by atoms with E-state index in [9.17, 15) is 10.1 Å². The minimum Gasteiger partial charge on any atom is -0.446 e. The van der Waals surface area contributed by atoms with Gasteiger partial charge in [0.05, 0.1) is 4.92 Å². The highest BCUT2D eigenvalue weighted by atomic mass is 32.1. The number of benzene rings is 1.